The predicted molar refractivity (Wildman–Crippen MR) is 219 cm³/mol. The number of nitrogens with zero attached hydrogens (tertiary/aromatic N) is 6. The van der Waals surface area contributed by atoms with Crippen molar-refractivity contribution in [1.29, 1.82) is 0 Å². The summed E-state index contributed by atoms with van der Waals surface area (Å²) in [7, 11) is 0. The van der Waals surface area contributed by atoms with Gasteiger partial charge < -0.3 is 19.7 Å². The minimum absolute atomic E-state index is 0.0648. The van der Waals surface area contributed by atoms with E-state index >= 15 is 0 Å². The standard InChI is InChI=1S/C45H47N9O4/c1-25-20-29(8-10-33(25)26(2)48-43(57)41-51-44(58-52-41)45(3)14-15-45)39-38-35-11-9-31(23-36(35)49-40(38)47-24-46-39)53-16-18-54(19-17-53)32-21-30(22-32)27-4-6-28(7-5-27)34-12-13-37(55)50-42(34)56/h4-11,20,23-24,26,30,32,34H,12-19,21-22H2,1-3H3,(H,48,57)(H,46,47,49)(H,50,55,56)/t26-,30?,32?,34-/m1/s1. The third-order valence-corrected chi connectivity index (χ3v) is 13.2. The van der Waals surface area contributed by atoms with E-state index in [0.29, 0.717) is 30.7 Å². The van der Waals surface area contributed by atoms with Gasteiger partial charge in [0.1, 0.15) is 12.0 Å². The van der Waals surface area contributed by atoms with Gasteiger partial charge in [-0.15, -0.1) is 0 Å². The lowest BCUT2D eigenvalue weighted by atomic mass is 9.74. The van der Waals surface area contributed by atoms with Crippen LogP contribution in [0.15, 0.2) is 71.5 Å². The molecule has 3 N–H and O–H groups in total. The SMILES string of the molecule is Cc1cc(-c2ncnc3[nH]c4cc(N5CCN(C6CC(c7ccc([C@H]8CCC(=O)NC8=O)cc7)C6)CC5)ccc4c23)ccc1[C@@H](C)NC(=O)c1noc(C2(C)CC2)n1. The maximum absolute atomic E-state index is 13.0. The number of anilines is 1. The Kier molecular flexibility index (Phi) is 8.88. The first kappa shape index (κ1) is 36.4. The molecule has 296 valence electrons. The minimum atomic E-state index is -0.353. The fraction of sp³-hybridized carbons (Fsp3) is 0.400. The highest BCUT2D eigenvalue weighted by Gasteiger charge is 2.45. The van der Waals surface area contributed by atoms with E-state index in [1.807, 2.05) is 6.92 Å². The van der Waals surface area contributed by atoms with Crippen molar-refractivity contribution in [2.24, 2.45) is 0 Å². The molecule has 2 saturated carbocycles. The summed E-state index contributed by atoms with van der Waals surface area (Å²) >= 11 is 0. The van der Waals surface area contributed by atoms with Crippen LogP contribution in [0.5, 0.6) is 0 Å². The van der Waals surface area contributed by atoms with Crippen LogP contribution in [0.1, 0.15) is 109 Å². The highest BCUT2D eigenvalue weighted by molar-refractivity contribution is 6.12. The molecule has 3 aromatic heterocycles. The van der Waals surface area contributed by atoms with Gasteiger partial charge in [0.2, 0.25) is 17.7 Å². The molecule has 4 fully saturated rings. The van der Waals surface area contributed by atoms with Gasteiger partial charge in [-0.2, -0.15) is 4.98 Å². The molecule has 2 aliphatic heterocycles. The molecule has 3 amide bonds. The number of hydrogen-bond donors (Lipinski definition) is 3. The molecular weight excluding hydrogens is 731 g/mol. The Morgan fingerprint density at radius 2 is 1.74 bits per heavy atom. The number of hydrogen-bond acceptors (Lipinski definition) is 10. The Morgan fingerprint density at radius 1 is 0.966 bits per heavy atom. The van der Waals surface area contributed by atoms with Gasteiger partial charge in [0.25, 0.3) is 11.7 Å². The average Bonchev–Trinajstić information content (AvgIpc) is 3.58. The zero-order valence-corrected chi connectivity index (χ0v) is 33.0. The first-order valence-corrected chi connectivity index (χ1v) is 20.6. The van der Waals surface area contributed by atoms with Crippen molar-refractivity contribution in [3.05, 3.63) is 101 Å². The number of nitrogens with one attached hydrogen (secondary N) is 3. The number of aromatic amines is 1. The van der Waals surface area contributed by atoms with E-state index < -0.39 is 0 Å². The van der Waals surface area contributed by atoms with E-state index in [2.05, 4.69) is 115 Å². The summed E-state index contributed by atoms with van der Waals surface area (Å²) in [5.74, 6) is 0.196. The Hall–Kier alpha value is -5.95. The van der Waals surface area contributed by atoms with Crippen LogP contribution in [0, 0.1) is 6.92 Å². The molecule has 10 rings (SSSR count). The molecule has 0 bridgehead atoms. The predicted octanol–water partition coefficient (Wildman–Crippen LogP) is 6.60. The van der Waals surface area contributed by atoms with Crippen LogP contribution in [0.4, 0.5) is 5.69 Å². The number of carbonyl (C=O) groups is 3. The molecule has 2 aliphatic carbocycles. The Morgan fingerprint density at radius 3 is 2.48 bits per heavy atom. The molecular formula is C45H47N9O4. The van der Waals surface area contributed by atoms with Crippen LogP contribution in [0.25, 0.3) is 33.2 Å². The summed E-state index contributed by atoms with van der Waals surface area (Å²) in [6.07, 6.45) is 6.89. The number of fused-ring (bicyclic) bond motifs is 3. The van der Waals surface area contributed by atoms with Gasteiger partial charge in [0.05, 0.1) is 23.0 Å². The number of benzene rings is 3. The van der Waals surface area contributed by atoms with E-state index in [1.165, 1.54) is 11.3 Å². The molecule has 13 heteroatoms. The van der Waals surface area contributed by atoms with Gasteiger partial charge in [-0.25, -0.2) is 9.97 Å². The zero-order chi connectivity index (χ0) is 39.7. The average molecular weight is 778 g/mol. The lowest BCUT2D eigenvalue weighted by Gasteiger charge is -2.47. The molecule has 6 aromatic rings. The van der Waals surface area contributed by atoms with Crippen molar-refractivity contribution in [2.75, 3.05) is 31.1 Å². The molecule has 2 saturated heterocycles. The molecule has 3 aromatic carbocycles. The van der Waals surface area contributed by atoms with E-state index in [1.54, 1.807) is 6.33 Å². The number of imide groups is 1. The van der Waals surface area contributed by atoms with Crippen LogP contribution in [0.3, 0.4) is 0 Å². The Labute approximate surface area is 336 Å². The number of piperazine rings is 1. The summed E-state index contributed by atoms with van der Waals surface area (Å²) in [5.41, 5.74) is 9.16. The topological polar surface area (TPSA) is 162 Å². The van der Waals surface area contributed by atoms with Crippen LogP contribution in [-0.2, 0) is 15.0 Å². The van der Waals surface area contributed by atoms with Gasteiger partial charge in [0, 0.05) is 66.2 Å². The van der Waals surface area contributed by atoms with Crippen molar-refractivity contribution < 1.29 is 18.9 Å². The number of rotatable bonds is 9. The highest BCUT2D eigenvalue weighted by Crippen LogP contribution is 2.46. The fourth-order valence-corrected chi connectivity index (χ4v) is 9.26. The van der Waals surface area contributed by atoms with E-state index in [0.717, 1.165) is 102 Å². The third kappa shape index (κ3) is 6.60. The van der Waals surface area contributed by atoms with E-state index in [4.69, 9.17) is 9.51 Å². The molecule has 0 spiro atoms. The molecule has 5 heterocycles. The van der Waals surface area contributed by atoms with Gasteiger partial charge in [-0.05, 0) is 92.3 Å². The van der Waals surface area contributed by atoms with Gasteiger partial charge in [0.15, 0.2) is 0 Å². The van der Waals surface area contributed by atoms with Crippen molar-refractivity contribution in [3.8, 4) is 11.3 Å². The van der Waals surface area contributed by atoms with Crippen LogP contribution in [0.2, 0.25) is 0 Å². The van der Waals surface area contributed by atoms with Crippen LogP contribution < -0.4 is 15.5 Å². The summed E-state index contributed by atoms with van der Waals surface area (Å²) < 4.78 is 5.38. The number of carbonyl (C=O) groups excluding carboxylic acids is 3. The minimum Gasteiger partial charge on any atom is -0.369 e. The monoisotopic (exact) mass is 777 g/mol. The van der Waals surface area contributed by atoms with Gasteiger partial charge in [-0.1, -0.05) is 54.5 Å². The lowest BCUT2D eigenvalue weighted by molar-refractivity contribution is -0.134. The molecule has 4 aliphatic rings. The van der Waals surface area contributed by atoms with Crippen LogP contribution >= 0.6 is 0 Å². The molecule has 13 nitrogen and oxygen atoms in total. The smallest absolute Gasteiger partial charge is 0.293 e. The number of amides is 3. The lowest BCUT2D eigenvalue weighted by Crippen LogP contribution is -2.53. The summed E-state index contributed by atoms with van der Waals surface area (Å²) in [6.45, 7) is 10.1. The number of H-pyrrole nitrogens is 1. The highest BCUT2D eigenvalue weighted by atomic mass is 16.5. The largest absolute Gasteiger partial charge is 0.369 e. The van der Waals surface area contributed by atoms with E-state index in [-0.39, 0.29) is 40.9 Å². The van der Waals surface area contributed by atoms with Gasteiger partial charge in [-0.3, -0.25) is 24.6 Å². The quantitative estimate of drug-likeness (QED) is 0.136. The van der Waals surface area contributed by atoms with Crippen molar-refractivity contribution in [2.45, 2.75) is 88.6 Å². The second-order valence-electron chi connectivity index (χ2n) is 17.1. The summed E-state index contributed by atoms with van der Waals surface area (Å²) in [5, 5.41) is 11.5. The fourth-order valence-electron chi connectivity index (χ4n) is 9.26. The summed E-state index contributed by atoms with van der Waals surface area (Å²) in [6, 6.07) is 21.7. The maximum Gasteiger partial charge on any atom is 0.293 e. The zero-order valence-electron chi connectivity index (χ0n) is 33.0. The van der Waals surface area contributed by atoms with Gasteiger partial charge >= 0.3 is 0 Å². The third-order valence-electron chi connectivity index (χ3n) is 13.2. The Balaban J connectivity index is 0.775. The second kappa shape index (κ2) is 14.2. The van der Waals surface area contributed by atoms with Crippen molar-refractivity contribution in [3.63, 3.8) is 0 Å². The Bertz CT molecular complexity index is 2580. The first-order chi connectivity index (χ1) is 28.1. The molecule has 0 unspecified atom stereocenters. The normalized spacial score (nSPS) is 22.5. The molecule has 2 atom stereocenters. The number of aromatic nitrogens is 5. The van der Waals surface area contributed by atoms with Crippen LogP contribution in [-0.4, -0.2) is 79.9 Å². The van der Waals surface area contributed by atoms with Crippen molar-refractivity contribution >= 4 is 45.3 Å². The number of piperidine rings is 1. The van der Waals surface area contributed by atoms with Crippen molar-refractivity contribution in [1.82, 2.24) is 40.6 Å². The molecule has 0 radical (unpaired) electrons. The second-order valence-corrected chi connectivity index (χ2v) is 17.1. The number of aryl methyl sites for hydroxylation is 1. The molecule has 58 heavy (non-hydrogen) atoms. The maximum atomic E-state index is 13.0. The van der Waals surface area contributed by atoms with E-state index in [9.17, 15) is 14.4 Å². The summed E-state index contributed by atoms with van der Waals surface area (Å²) in [4.78, 5) is 59.3. The first-order valence-electron chi connectivity index (χ1n) is 20.6.